The number of fused-ring (bicyclic) bond motifs is 1. The lowest BCUT2D eigenvalue weighted by molar-refractivity contribution is 0.414. The molecule has 2 aromatic carbocycles. The number of nitrogens with zero attached hydrogens (tertiary/aromatic N) is 1. The molecule has 7 heteroatoms. The van der Waals surface area contributed by atoms with E-state index in [0.717, 1.165) is 42.3 Å². The van der Waals surface area contributed by atoms with Crippen molar-refractivity contribution >= 4 is 23.8 Å². The van der Waals surface area contributed by atoms with Crippen LogP contribution in [0.5, 0.6) is 5.75 Å². The van der Waals surface area contributed by atoms with Gasteiger partial charge in [0.15, 0.2) is 4.77 Å². The first kappa shape index (κ1) is 18.2. The van der Waals surface area contributed by atoms with E-state index in [1.807, 2.05) is 12.1 Å². The van der Waals surface area contributed by atoms with E-state index in [0.29, 0.717) is 15.5 Å². The van der Waals surface area contributed by atoms with Crippen LogP contribution in [-0.2, 0) is 6.42 Å². The first-order valence-corrected chi connectivity index (χ1v) is 9.41. The van der Waals surface area contributed by atoms with E-state index in [4.69, 9.17) is 28.6 Å². The number of imidazole rings is 1. The molecule has 0 saturated heterocycles. The highest BCUT2D eigenvalue weighted by atomic mass is 35.5. The molecule has 140 valence electrons. The molecule has 3 nitrogen and oxygen atoms in total. The molecule has 0 amide bonds. The third kappa shape index (κ3) is 3.17. The minimum absolute atomic E-state index is 0.00248. The highest BCUT2D eigenvalue weighted by Gasteiger charge is 2.29. The average molecular weight is 407 g/mol. The van der Waals surface area contributed by atoms with Crippen LogP contribution >= 0.6 is 23.8 Å². The Labute approximate surface area is 165 Å². The van der Waals surface area contributed by atoms with Gasteiger partial charge in [0.1, 0.15) is 17.4 Å². The summed E-state index contributed by atoms with van der Waals surface area (Å²) in [6.07, 6.45) is 2.69. The summed E-state index contributed by atoms with van der Waals surface area (Å²) in [7, 11) is 1.57. The number of methoxy groups -OCH3 is 1. The normalized spacial score (nSPS) is 16.2. The maximum Gasteiger partial charge on any atom is 0.182 e. The zero-order chi connectivity index (χ0) is 19.1. The number of benzene rings is 2. The molecular weight excluding hydrogens is 390 g/mol. The van der Waals surface area contributed by atoms with E-state index in [1.54, 1.807) is 17.7 Å². The number of H-pyrrole nitrogens is 1. The number of aromatic amines is 1. The van der Waals surface area contributed by atoms with Gasteiger partial charge in [-0.05, 0) is 61.3 Å². The number of rotatable bonds is 3. The van der Waals surface area contributed by atoms with E-state index in [9.17, 15) is 8.78 Å². The molecule has 0 fully saturated rings. The van der Waals surface area contributed by atoms with Crippen molar-refractivity contribution in [3.05, 3.63) is 74.8 Å². The molecule has 0 saturated carbocycles. The predicted molar refractivity (Wildman–Crippen MR) is 104 cm³/mol. The molecule has 0 spiro atoms. The Morgan fingerprint density at radius 2 is 2.04 bits per heavy atom. The largest absolute Gasteiger partial charge is 0.495 e. The highest BCUT2D eigenvalue weighted by Crippen LogP contribution is 2.40. The molecule has 1 aliphatic rings. The van der Waals surface area contributed by atoms with Crippen molar-refractivity contribution in [2.75, 3.05) is 7.11 Å². The van der Waals surface area contributed by atoms with Crippen molar-refractivity contribution in [3.63, 3.8) is 0 Å². The predicted octanol–water partition coefficient (Wildman–Crippen LogP) is 5.94. The Morgan fingerprint density at radius 1 is 1.22 bits per heavy atom. The Kier molecular flexibility index (Phi) is 4.78. The van der Waals surface area contributed by atoms with Crippen molar-refractivity contribution in [2.24, 2.45) is 0 Å². The summed E-state index contributed by atoms with van der Waals surface area (Å²) in [6.45, 7) is 0. The van der Waals surface area contributed by atoms with Gasteiger partial charge in [-0.3, -0.25) is 4.57 Å². The van der Waals surface area contributed by atoms with E-state index in [-0.39, 0.29) is 11.6 Å². The molecule has 1 aliphatic carbocycles. The summed E-state index contributed by atoms with van der Waals surface area (Å²) in [5.74, 6) is -0.677. The number of halogens is 3. The third-order valence-electron chi connectivity index (χ3n) is 4.99. The summed E-state index contributed by atoms with van der Waals surface area (Å²) >= 11 is 11.6. The van der Waals surface area contributed by atoms with Crippen molar-refractivity contribution in [3.8, 4) is 11.4 Å². The van der Waals surface area contributed by atoms with Gasteiger partial charge in [0, 0.05) is 17.7 Å². The fourth-order valence-corrected chi connectivity index (χ4v) is 4.30. The summed E-state index contributed by atoms with van der Waals surface area (Å²) in [5, 5.41) is 0.535. The highest BCUT2D eigenvalue weighted by molar-refractivity contribution is 7.71. The number of nitrogens with one attached hydrogen (secondary N) is 1. The summed E-state index contributed by atoms with van der Waals surface area (Å²) in [4.78, 5) is 3.21. The van der Waals surface area contributed by atoms with Gasteiger partial charge in [0.2, 0.25) is 0 Å². The molecule has 1 atom stereocenters. The van der Waals surface area contributed by atoms with E-state index in [1.165, 1.54) is 12.1 Å². The molecule has 0 bridgehead atoms. The number of aryl methyl sites for hydroxylation is 1. The monoisotopic (exact) mass is 406 g/mol. The number of ether oxygens (including phenoxy) is 1. The summed E-state index contributed by atoms with van der Waals surface area (Å²) in [6, 6.07) is 9.19. The Bertz CT molecular complexity index is 1080. The fraction of sp³-hybridized carbons (Fsp3) is 0.250. The molecule has 0 radical (unpaired) electrons. The van der Waals surface area contributed by atoms with Gasteiger partial charge >= 0.3 is 0 Å². The van der Waals surface area contributed by atoms with Crippen LogP contribution in [0, 0.1) is 16.4 Å². The second kappa shape index (κ2) is 7.09. The lowest BCUT2D eigenvalue weighted by Crippen LogP contribution is -2.15. The van der Waals surface area contributed by atoms with Gasteiger partial charge in [-0.2, -0.15) is 0 Å². The maximum absolute atomic E-state index is 14.5. The quantitative estimate of drug-likeness (QED) is 0.545. The summed E-state index contributed by atoms with van der Waals surface area (Å²) in [5.41, 5.74) is 3.14. The average Bonchev–Trinajstić information content (AvgIpc) is 2.98. The van der Waals surface area contributed by atoms with E-state index >= 15 is 0 Å². The second-order valence-electron chi connectivity index (χ2n) is 6.56. The standard InChI is InChI=1S/C20H17ClF2N2OS/c1-26-18-9-11(5-7-14(18)21)13-3-2-4-16-19(13)25(20(27)24-16)17-8-6-12(22)10-15(17)23/h5-10,13H,2-4H2,1H3,(H,24,27). The lowest BCUT2D eigenvalue weighted by atomic mass is 9.84. The van der Waals surface area contributed by atoms with Crippen LogP contribution in [0.2, 0.25) is 5.02 Å². The van der Waals surface area contributed by atoms with Crippen LogP contribution in [-0.4, -0.2) is 16.7 Å². The molecule has 1 unspecified atom stereocenters. The number of hydrogen-bond acceptors (Lipinski definition) is 2. The van der Waals surface area contributed by atoms with E-state index < -0.39 is 11.6 Å². The summed E-state index contributed by atoms with van der Waals surface area (Å²) < 4.78 is 35.3. The Balaban J connectivity index is 1.91. The van der Waals surface area contributed by atoms with Crippen LogP contribution in [0.3, 0.4) is 0 Å². The number of hydrogen-bond donors (Lipinski definition) is 1. The third-order valence-corrected chi connectivity index (χ3v) is 5.59. The van der Waals surface area contributed by atoms with Gasteiger partial charge in [-0.25, -0.2) is 8.78 Å². The second-order valence-corrected chi connectivity index (χ2v) is 7.36. The maximum atomic E-state index is 14.5. The molecule has 27 heavy (non-hydrogen) atoms. The molecular formula is C20H17ClF2N2OS. The molecule has 0 aliphatic heterocycles. The van der Waals surface area contributed by atoms with Crippen molar-refractivity contribution in [1.82, 2.24) is 9.55 Å². The minimum Gasteiger partial charge on any atom is -0.495 e. The van der Waals surface area contributed by atoms with Crippen LogP contribution in [0.1, 0.15) is 35.7 Å². The van der Waals surface area contributed by atoms with Crippen LogP contribution < -0.4 is 4.74 Å². The lowest BCUT2D eigenvalue weighted by Gasteiger charge is -2.25. The van der Waals surface area contributed by atoms with E-state index in [2.05, 4.69) is 4.98 Å². The first-order chi connectivity index (χ1) is 13.0. The van der Waals surface area contributed by atoms with Gasteiger partial charge in [-0.15, -0.1) is 0 Å². The molecule has 3 aromatic rings. The van der Waals surface area contributed by atoms with Crippen molar-refractivity contribution in [2.45, 2.75) is 25.2 Å². The number of aromatic nitrogens is 2. The zero-order valence-electron chi connectivity index (χ0n) is 14.6. The first-order valence-electron chi connectivity index (χ1n) is 8.62. The van der Waals surface area contributed by atoms with Crippen molar-refractivity contribution in [1.29, 1.82) is 0 Å². The molecule has 1 aromatic heterocycles. The van der Waals surface area contributed by atoms with Crippen LogP contribution in [0.25, 0.3) is 5.69 Å². The van der Waals surface area contributed by atoms with Crippen LogP contribution in [0.15, 0.2) is 36.4 Å². The Morgan fingerprint density at radius 3 is 2.78 bits per heavy atom. The molecule has 1 N–H and O–H groups in total. The van der Waals surface area contributed by atoms with Gasteiger partial charge < -0.3 is 9.72 Å². The zero-order valence-corrected chi connectivity index (χ0v) is 16.1. The van der Waals surface area contributed by atoms with Gasteiger partial charge in [-0.1, -0.05) is 17.7 Å². The fourth-order valence-electron chi connectivity index (χ4n) is 3.79. The van der Waals surface area contributed by atoms with Gasteiger partial charge in [0.05, 0.1) is 23.5 Å². The Hall–Kier alpha value is -2.18. The van der Waals surface area contributed by atoms with Crippen LogP contribution in [0.4, 0.5) is 8.78 Å². The topological polar surface area (TPSA) is 29.9 Å². The van der Waals surface area contributed by atoms with Gasteiger partial charge in [0.25, 0.3) is 0 Å². The smallest absolute Gasteiger partial charge is 0.182 e. The SMILES string of the molecule is COc1cc(C2CCCc3[nH]c(=S)n(-c4ccc(F)cc4F)c32)ccc1Cl. The molecule has 4 rings (SSSR count). The molecule has 1 heterocycles. The minimum atomic E-state index is -0.647. The van der Waals surface area contributed by atoms with Crippen molar-refractivity contribution < 1.29 is 13.5 Å².